The number of Topliss-reactive ketones (excluding diaryl/α,β-unsaturated/α-hetero) is 1. The molecule has 1 unspecified atom stereocenters. The van der Waals surface area contributed by atoms with Crippen LogP contribution in [0.1, 0.15) is 115 Å². The van der Waals surface area contributed by atoms with Gasteiger partial charge in [0.1, 0.15) is 66.2 Å². The van der Waals surface area contributed by atoms with Crippen molar-refractivity contribution in [1.29, 1.82) is 0 Å². The fourth-order valence-corrected chi connectivity index (χ4v) is 15.4. The summed E-state index contributed by atoms with van der Waals surface area (Å²) in [7, 11) is 6.56. The summed E-state index contributed by atoms with van der Waals surface area (Å²) in [6, 6.07) is 58.0. The molecule has 6 heterocycles. The number of ether oxygens (including phenoxy) is 7. The van der Waals surface area contributed by atoms with E-state index in [4.69, 9.17) is 38.3 Å². The van der Waals surface area contributed by atoms with Gasteiger partial charge in [0, 0.05) is 71.3 Å². The summed E-state index contributed by atoms with van der Waals surface area (Å²) in [5, 5.41) is 44.2. The van der Waals surface area contributed by atoms with E-state index in [0.29, 0.717) is 62.9 Å². The molecule has 13 N–H and O–H groups in total. The van der Waals surface area contributed by atoms with Crippen molar-refractivity contribution >= 4 is 53.2 Å². The number of fused-ring (bicyclic) bond motifs is 7. The number of aromatic nitrogens is 2. The van der Waals surface area contributed by atoms with E-state index < -0.39 is 47.7 Å². The maximum Gasteiger partial charge on any atom is 0.409 e. The molecule has 1 aromatic heterocycles. The highest BCUT2D eigenvalue weighted by atomic mass is 16.6. The van der Waals surface area contributed by atoms with Crippen LogP contribution >= 0.6 is 0 Å². The highest BCUT2D eigenvalue weighted by molar-refractivity contribution is 5.98. The zero-order valence-electron chi connectivity index (χ0n) is 65.6. The van der Waals surface area contributed by atoms with E-state index in [2.05, 4.69) is 95.0 Å². The third-order valence-electron chi connectivity index (χ3n) is 21.4. The molecule has 7 aliphatic rings. The van der Waals surface area contributed by atoms with Gasteiger partial charge in [0.25, 0.3) is 5.56 Å². The van der Waals surface area contributed by atoms with Crippen LogP contribution in [0.25, 0.3) is 22.3 Å². The molecule has 2 fully saturated rings. The molecule has 614 valence electrons. The topological polar surface area (TPSA) is 405 Å². The number of aromatic amines is 1. The van der Waals surface area contributed by atoms with Gasteiger partial charge in [-0.25, -0.2) is 14.6 Å². The number of nitrogens with zero attached hydrogens (tertiary/aromatic N) is 6. The monoisotopic (exact) mass is 1590 g/mol. The van der Waals surface area contributed by atoms with Crippen LogP contribution in [0.4, 0.5) is 27.0 Å². The highest BCUT2D eigenvalue weighted by Crippen LogP contribution is 2.47. The fourth-order valence-electron chi connectivity index (χ4n) is 15.4. The molecular formula is C86H102N12O18. The first-order chi connectivity index (χ1) is 55.4. The van der Waals surface area contributed by atoms with Gasteiger partial charge >= 0.3 is 12.2 Å². The van der Waals surface area contributed by atoms with E-state index in [1.807, 2.05) is 127 Å². The smallest absolute Gasteiger partial charge is 0.409 e. The Kier molecular flexibility index (Phi) is 29.0. The first-order valence-corrected chi connectivity index (χ1v) is 38.6. The predicted octanol–water partition coefficient (Wildman–Crippen LogP) is 8.01. The van der Waals surface area contributed by atoms with Gasteiger partial charge in [-0.05, 0) is 124 Å². The van der Waals surface area contributed by atoms with Gasteiger partial charge in [0.15, 0.2) is 5.82 Å². The number of aliphatic hydroxyl groups excluding tert-OH is 3. The molecule has 4 amide bonds. The zero-order valence-corrected chi connectivity index (χ0v) is 65.6. The van der Waals surface area contributed by atoms with E-state index in [0.717, 1.165) is 63.3 Å². The first kappa shape index (κ1) is 85.2. The molecule has 0 bridgehead atoms. The van der Waals surface area contributed by atoms with E-state index in [1.54, 1.807) is 33.2 Å². The van der Waals surface area contributed by atoms with Gasteiger partial charge in [-0.2, -0.15) is 4.98 Å². The molecule has 116 heavy (non-hydrogen) atoms. The summed E-state index contributed by atoms with van der Waals surface area (Å²) in [5.74, 6) is 2.38. The van der Waals surface area contributed by atoms with Gasteiger partial charge in [0.2, 0.25) is 23.7 Å². The second-order valence-electron chi connectivity index (χ2n) is 28.8. The van der Waals surface area contributed by atoms with Gasteiger partial charge in [-0.3, -0.25) is 30.0 Å². The molecule has 5 aliphatic heterocycles. The van der Waals surface area contributed by atoms with Crippen molar-refractivity contribution in [3.05, 3.63) is 237 Å². The number of amides is 4. The van der Waals surface area contributed by atoms with Crippen LogP contribution in [0.3, 0.4) is 0 Å². The van der Waals surface area contributed by atoms with Crippen molar-refractivity contribution in [2.45, 2.75) is 113 Å². The van der Waals surface area contributed by atoms with Crippen LogP contribution in [0.15, 0.2) is 197 Å². The number of aliphatic hydroxyl groups is 3. The third kappa shape index (κ3) is 19.4. The second kappa shape index (κ2) is 39.5. The van der Waals surface area contributed by atoms with Crippen LogP contribution in [0.5, 0.6) is 11.5 Å². The zero-order chi connectivity index (χ0) is 79.8. The molecule has 30 nitrogen and oxygen atoms in total. The van der Waals surface area contributed by atoms with Crippen molar-refractivity contribution in [3.63, 3.8) is 0 Å². The molecule has 5 atom stereocenters. The number of anilines is 3. The number of hydrogen-bond donors (Lipinski definition) is 9. The Morgan fingerprint density at radius 1 is 0.595 bits per heavy atom. The molecule has 7 aromatic carbocycles. The maximum absolute atomic E-state index is 13.3. The Bertz CT molecular complexity index is 4700. The minimum atomic E-state index is -1.13. The molecule has 8 aromatic rings. The molecule has 0 spiro atoms. The second-order valence-corrected chi connectivity index (χ2v) is 28.8. The number of methoxy groups -OCH3 is 2. The Balaban J connectivity index is 0.000000226. The number of rotatable bonds is 27. The van der Waals surface area contributed by atoms with E-state index in [1.165, 1.54) is 39.0 Å². The predicted molar refractivity (Wildman–Crippen MR) is 436 cm³/mol. The van der Waals surface area contributed by atoms with Crippen LogP contribution in [-0.4, -0.2) is 212 Å². The number of guanidine groups is 1. The Morgan fingerprint density at radius 3 is 1.59 bits per heavy atom. The maximum atomic E-state index is 13.3. The summed E-state index contributed by atoms with van der Waals surface area (Å²) in [5.41, 5.74) is 11.4. The third-order valence-corrected chi connectivity index (χ3v) is 21.4. The summed E-state index contributed by atoms with van der Waals surface area (Å²) >= 11 is 0. The molecule has 0 radical (unpaired) electrons. The number of hydrogen-bond acceptors (Lipinski definition) is 23. The summed E-state index contributed by atoms with van der Waals surface area (Å²) < 4.78 is 41.9. The Hall–Kier alpha value is -11.7. The Morgan fingerprint density at radius 2 is 1.09 bits per heavy atom. The van der Waals surface area contributed by atoms with E-state index >= 15 is 0 Å². The van der Waals surface area contributed by atoms with Crippen LogP contribution in [0, 0.1) is 0 Å². The van der Waals surface area contributed by atoms with Crippen LogP contribution < -0.4 is 46.5 Å². The summed E-state index contributed by atoms with van der Waals surface area (Å²) in [6.45, 7) is 3.97. The molecule has 2 saturated heterocycles. The summed E-state index contributed by atoms with van der Waals surface area (Å²) in [4.78, 5) is 93.3. The lowest BCUT2D eigenvalue weighted by Crippen LogP contribution is -2.47. The van der Waals surface area contributed by atoms with E-state index in [9.17, 15) is 39.0 Å². The van der Waals surface area contributed by atoms with Crippen LogP contribution in [0.2, 0.25) is 0 Å². The van der Waals surface area contributed by atoms with Crippen molar-refractivity contribution in [2.75, 3.05) is 110 Å². The van der Waals surface area contributed by atoms with Gasteiger partial charge in [0.05, 0.1) is 65.2 Å². The first-order valence-electron chi connectivity index (χ1n) is 38.6. The van der Waals surface area contributed by atoms with Gasteiger partial charge < -0.3 is 99.8 Å². The highest BCUT2D eigenvalue weighted by Gasteiger charge is 2.45. The fraction of sp³-hybridized carbons (Fsp3) is 0.372. The number of benzene rings is 7. The Labute approximate surface area is 672 Å². The molecule has 0 saturated carbocycles. The molecule has 2 aliphatic carbocycles. The largest absolute Gasteiger partial charge is 0.497 e. The van der Waals surface area contributed by atoms with Crippen molar-refractivity contribution in [1.82, 2.24) is 40.6 Å². The SMILES string of the molecule is CC(=O)CCCO.CN(CCCC(=O)NC1=NCC2=C(N1)N([C@H]1CC[C@@H](CO)O1)CN2)C(=O)OCC1c2ccccc2-c2ccccc21.COc1ccc(C(OC[C@H]2O[C@@H](N3CNc4c3nc(NC(=O)CCCN(C)C(=O)OCC3c5ccccc5-c5ccccc53)[nH]c4=O)CC2O)(c2ccccc2)c2ccc(OC)cc2)cc1.O.O. The molecule has 30 heteroatoms. The van der Waals surface area contributed by atoms with E-state index in [-0.39, 0.29) is 130 Å². The molecule has 15 rings (SSSR count). The average molecular weight is 1590 g/mol. The number of carbonyl (C=O) groups is 5. The lowest BCUT2D eigenvalue weighted by atomic mass is 9.80. The van der Waals surface area contributed by atoms with Gasteiger partial charge in [-0.1, -0.05) is 152 Å². The quantitative estimate of drug-likeness (QED) is 0.0220. The van der Waals surface area contributed by atoms with Crippen molar-refractivity contribution in [2.24, 2.45) is 4.99 Å². The average Bonchev–Trinajstić information content (AvgIpc) is 1.34. The lowest BCUT2D eigenvalue weighted by Gasteiger charge is -2.37. The molecular weight excluding hydrogens is 1490 g/mol. The minimum Gasteiger partial charge on any atom is -0.497 e. The lowest BCUT2D eigenvalue weighted by molar-refractivity contribution is -0.120. The summed E-state index contributed by atoms with van der Waals surface area (Å²) in [6.07, 6.45) is 0.539. The number of carbonyl (C=O) groups excluding carboxylic acids is 5. The normalized spacial score (nSPS) is 17.8. The standard InChI is InChI=1S/C51H52N6O9.C30H36N6O5.C5H10O2.2H2O/c1-56(50(61)64-29-41-39-16-9-7-14-37(39)38-15-8-10-17-40(38)41)27-11-18-44(59)53-49-54-47-46(48(60)55-49)52-31-57(47)45-28-42(58)43(66-45)30-65-51(32-12-5-4-6-13-32,33-19-23-35(62-2)24-20-33)34-21-25-36(63-3)26-22-34;1-35(30(39)40-17-24-22-9-4-2-7-20(22)21-8-3-5-10-23(21)24)14-6-11-26(38)33-29-31-15-25-28(34-29)36(18-32-25)27-13-12-19(16-37)41-27;1-5(7)3-2-4-6;;/h4-10,12-17,19-26,41-43,45,52,58H,11,18,27-31H2,1-3H3,(H2,53,54,55,59,60);2-5,7-10,19,24,27,32,37H,6,11-18H2,1H3,(H2,31,33,34,38);6H,2-4H2,1H3;2*1H2/t42?,43-,45-;19-,27+;;;/m10.../s1. The van der Waals surface area contributed by atoms with Crippen molar-refractivity contribution in [3.8, 4) is 33.8 Å². The number of aliphatic imine (C=N–C) groups is 1. The number of H-pyrrole nitrogens is 1. The van der Waals surface area contributed by atoms with Crippen molar-refractivity contribution < 1.29 is 83.4 Å². The minimum absolute atomic E-state index is 0. The van der Waals surface area contributed by atoms with Gasteiger partial charge in [-0.15, -0.1) is 0 Å². The van der Waals surface area contributed by atoms with Crippen LogP contribution in [-0.2, 0) is 43.7 Å². The number of nitrogens with one attached hydrogen (secondary N) is 6. The number of ketones is 1.